The molecule has 0 saturated carbocycles. The van der Waals surface area contributed by atoms with Gasteiger partial charge in [-0.15, -0.1) is 0 Å². The van der Waals surface area contributed by atoms with Crippen LogP contribution in [0.4, 0.5) is 5.69 Å². The number of nitrogens with one attached hydrogen (secondary N) is 1. The standard InChI is InChI=1S/C14H19BrN2/c1-14(2)6-9-17(8-3-7-16)13-5-4-11(15)10-12(13)14/h4-5,7,10,16H,3,6,8-9H2,1-2H3. The molecule has 17 heavy (non-hydrogen) atoms. The summed E-state index contributed by atoms with van der Waals surface area (Å²) in [5, 5.41) is 7.16. The average Bonchev–Trinajstić information content (AvgIpc) is 2.29. The molecule has 3 heteroatoms. The number of fused-ring (bicyclic) bond motifs is 1. The molecule has 0 atom stereocenters. The molecular weight excluding hydrogens is 276 g/mol. The Morgan fingerprint density at radius 3 is 2.94 bits per heavy atom. The van der Waals surface area contributed by atoms with Crippen molar-refractivity contribution < 1.29 is 0 Å². The van der Waals surface area contributed by atoms with Gasteiger partial charge in [-0.1, -0.05) is 29.8 Å². The van der Waals surface area contributed by atoms with Gasteiger partial charge in [0, 0.05) is 23.2 Å². The highest BCUT2D eigenvalue weighted by Gasteiger charge is 2.30. The first-order valence-electron chi connectivity index (χ1n) is 6.08. The summed E-state index contributed by atoms with van der Waals surface area (Å²) in [6.07, 6.45) is 3.50. The third kappa shape index (κ3) is 2.54. The molecular formula is C14H19BrN2. The molecule has 1 aromatic carbocycles. The van der Waals surface area contributed by atoms with Gasteiger partial charge in [0.1, 0.15) is 0 Å². The molecule has 1 aliphatic heterocycles. The van der Waals surface area contributed by atoms with E-state index < -0.39 is 0 Å². The number of benzene rings is 1. The van der Waals surface area contributed by atoms with Crippen LogP contribution in [0.15, 0.2) is 22.7 Å². The zero-order valence-corrected chi connectivity index (χ0v) is 12.0. The first-order chi connectivity index (χ1) is 8.04. The largest absolute Gasteiger partial charge is 0.371 e. The van der Waals surface area contributed by atoms with Crippen molar-refractivity contribution in [1.82, 2.24) is 0 Å². The van der Waals surface area contributed by atoms with Crippen LogP contribution in [0.1, 0.15) is 32.3 Å². The predicted octanol–water partition coefficient (Wildman–Crippen LogP) is 3.98. The third-order valence-electron chi connectivity index (χ3n) is 3.58. The number of hydrogen-bond acceptors (Lipinski definition) is 2. The summed E-state index contributed by atoms with van der Waals surface area (Å²) in [7, 11) is 0. The molecule has 0 saturated heterocycles. The van der Waals surface area contributed by atoms with E-state index in [9.17, 15) is 0 Å². The van der Waals surface area contributed by atoms with Crippen LogP contribution < -0.4 is 4.90 Å². The zero-order valence-electron chi connectivity index (χ0n) is 10.5. The molecule has 2 nitrogen and oxygen atoms in total. The number of nitrogens with zero attached hydrogens (tertiary/aromatic N) is 1. The average molecular weight is 295 g/mol. The van der Waals surface area contributed by atoms with E-state index in [0.717, 1.165) is 24.0 Å². The minimum Gasteiger partial charge on any atom is -0.371 e. The van der Waals surface area contributed by atoms with E-state index in [0.29, 0.717) is 0 Å². The van der Waals surface area contributed by atoms with Gasteiger partial charge in [0.25, 0.3) is 0 Å². The molecule has 2 rings (SSSR count). The van der Waals surface area contributed by atoms with E-state index in [1.807, 2.05) is 0 Å². The first kappa shape index (κ1) is 12.6. The van der Waals surface area contributed by atoms with Gasteiger partial charge in [-0.25, -0.2) is 0 Å². The fourth-order valence-electron chi connectivity index (χ4n) is 2.45. The SMILES string of the molecule is CC1(C)CCN(CCC=N)c2ccc(Br)cc21. The van der Waals surface area contributed by atoms with Crippen molar-refractivity contribution in [3.8, 4) is 0 Å². The van der Waals surface area contributed by atoms with Crippen LogP contribution in [0, 0.1) is 5.41 Å². The first-order valence-corrected chi connectivity index (χ1v) is 6.88. The van der Waals surface area contributed by atoms with Gasteiger partial charge in [-0.2, -0.15) is 0 Å². The Hall–Kier alpha value is -0.830. The number of halogens is 1. The number of rotatable bonds is 3. The fraction of sp³-hybridized carbons (Fsp3) is 0.500. The smallest absolute Gasteiger partial charge is 0.0405 e. The molecule has 1 heterocycles. The normalized spacial score (nSPS) is 17.7. The Morgan fingerprint density at radius 1 is 1.47 bits per heavy atom. The maximum absolute atomic E-state index is 7.16. The van der Waals surface area contributed by atoms with Crippen molar-refractivity contribution in [2.75, 3.05) is 18.0 Å². The Bertz CT molecular complexity index is 426. The van der Waals surface area contributed by atoms with Crippen LogP contribution in [0.3, 0.4) is 0 Å². The van der Waals surface area contributed by atoms with Crippen LogP contribution in [0.2, 0.25) is 0 Å². The monoisotopic (exact) mass is 294 g/mol. The van der Waals surface area contributed by atoms with E-state index in [-0.39, 0.29) is 5.41 Å². The number of anilines is 1. The highest BCUT2D eigenvalue weighted by molar-refractivity contribution is 9.10. The summed E-state index contributed by atoms with van der Waals surface area (Å²) in [6.45, 7) is 6.67. The van der Waals surface area contributed by atoms with E-state index >= 15 is 0 Å². The van der Waals surface area contributed by atoms with Crippen LogP contribution >= 0.6 is 15.9 Å². The van der Waals surface area contributed by atoms with Crippen LogP contribution in [-0.2, 0) is 5.41 Å². The molecule has 0 aromatic heterocycles. The summed E-state index contributed by atoms with van der Waals surface area (Å²) in [5.41, 5.74) is 3.01. The molecule has 1 aromatic rings. The molecule has 0 spiro atoms. The second kappa shape index (κ2) is 4.81. The van der Waals surface area contributed by atoms with Crippen molar-refractivity contribution in [2.24, 2.45) is 0 Å². The van der Waals surface area contributed by atoms with Gasteiger partial charge in [-0.05, 0) is 48.2 Å². The molecule has 1 N–H and O–H groups in total. The van der Waals surface area contributed by atoms with Gasteiger partial charge < -0.3 is 10.3 Å². The molecule has 0 aliphatic carbocycles. The van der Waals surface area contributed by atoms with Crippen LogP contribution in [-0.4, -0.2) is 19.3 Å². The Kier molecular flexibility index (Phi) is 3.57. The van der Waals surface area contributed by atoms with E-state index in [4.69, 9.17) is 5.41 Å². The van der Waals surface area contributed by atoms with Gasteiger partial charge in [0.05, 0.1) is 0 Å². The van der Waals surface area contributed by atoms with Gasteiger partial charge >= 0.3 is 0 Å². The minimum absolute atomic E-state index is 0.250. The summed E-state index contributed by atoms with van der Waals surface area (Å²) >= 11 is 3.56. The fourth-order valence-corrected chi connectivity index (χ4v) is 2.81. The van der Waals surface area contributed by atoms with Crippen LogP contribution in [0.5, 0.6) is 0 Å². The van der Waals surface area contributed by atoms with Crippen molar-refractivity contribution >= 4 is 27.8 Å². The lowest BCUT2D eigenvalue weighted by Crippen LogP contribution is -2.37. The van der Waals surface area contributed by atoms with Gasteiger partial charge in [-0.3, -0.25) is 0 Å². The molecule has 0 fully saturated rings. The predicted molar refractivity (Wildman–Crippen MR) is 77.4 cm³/mol. The van der Waals surface area contributed by atoms with Gasteiger partial charge in [0.2, 0.25) is 0 Å². The Balaban J connectivity index is 2.37. The molecule has 92 valence electrons. The van der Waals surface area contributed by atoms with E-state index in [2.05, 4.69) is 52.9 Å². The maximum Gasteiger partial charge on any atom is 0.0405 e. The van der Waals surface area contributed by atoms with E-state index in [1.165, 1.54) is 23.9 Å². The highest BCUT2D eigenvalue weighted by Crippen LogP contribution is 2.40. The summed E-state index contributed by atoms with van der Waals surface area (Å²) < 4.78 is 1.15. The molecule has 0 radical (unpaired) electrons. The third-order valence-corrected chi connectivity index (χ3v) is 4.07. The Morgan fingerprint density at radius 2 is 2.24 bits per heavy atom. The quantitative estimate of drug-likeness (QED) is 0.839. The summed E-state index contributed by atoms with van der Waals surface area (Å²) in [6, 6.07) is 6.55. The lowest BCUT2D eigenvalue weighted by molar-refractivity contribution is 0.454. The lowest BCUT2D eigenvalue weighted by atomic mass is 9.77. The van der Waals surface area contributed by atoms with Gasteiger partial charge in [0.15, 0.2) is 0 Å². The number of hydrogen-bond donors (Lipinski definition) is 1. The molecule has 0 bridgehead atoms. The van der Waals surface area contributed by atoms with Crippen molar-refractivity contribution in [1.29, 1.82) is 5.41 Å². The minimum atomic E-state index is 0.250. The zero-order chi connectivity index (χ0) is 12.5. The topological polar surface area (TPSA) is 27.1 Å². The van der Waals surface area contributed by atoms with Crippen molar-refractivity contribution in [2.45, 2.75) is 32.1 Å². The lowest BCUT2D eigenvalue weighted by Gasteiger charge is -2.40. The summed E-state index contributed by atoms with van der Waals surface area (Å²) in [4.78, 5) is 2.40. The second-order valence-corrected chi connectivity index (χ2v) is 6.19. The molecule has 1 aliphatic rings. The molecule has 0 amide bonds. The second-order valence-electron chi connectivity index (χ2n) is 5.28. The maximum atomic E-state index is 7.16. The van der Waals surface area contributed by atoms with Crippen molar-refractivity contribution in [3.63, 3.8) is 0 Å². The highest BCUT2D eigenvalue weighted by atomic mass is 79.9. The van der Waals surface area contributed by atoms with Crippen LogP contribution in [0.25, 0.3) is 0 Å². The summed E-state index contributed by atoms with van der Waals surface area (Å²) in [5.74, 6) is 0. The Labute approximate surface area is 112 Å². The van der Waals surface area contributed by atoms with Crippen molar-refractivity contribution in [3.05, 3.63) is 28.2 Å². The molecule has 0 unspecified atom stereocenters. The van der Waals surface area contributed by atoms with E-state index in [1.54, 1.807) is 0 Å².